The molecule has 0 aliphatic heterocycles. The highest BCUT2D eigenvalue weighted by atomic mass is 19.1. The van der Waals surface area contributed by atoms with Crippen LogP contribution in [0, 0.1) is 17.1 Å². The standard InChI is InChI=1S/C11H8FN3/c12-8-3-1-7(2-4-8)10-6-15-11(14)9(10)5-13/h1-4,6,15H,14H2. The number of nitrogens with zero attached hydrogens (tertiary/aromatic N) is 1. The number of anilines is 1. The SMILES string of the molecule is N#Cc1c(-c2ccc(F)cc2)c[nH]c1N. The van der Waals surface area contributed by atoms with E-state index in [0.717, 1.165) is 5.56 Å². The average Bonchev–Trinajstić information content (AvgIpc) is 2.61. The van der Waals surface area contributed by atoms with E-state index >= 15 is 0 Å². The van der Waals surface area contributed by atoms with Crippen molar-refractivity contribution in [3.63, 3.8) is 0 Å². The maximum Gasteiger partial charge on any atom is 0.123 e. The number of nitrogen functional groups attached to an aromatic ring is 1. The number of hydrogen-bond acceptors (Lipinski definition) is 2. The van der Waals surface area contributed by atoms with Crippen LogP contribution < -0.4 is 5.73 Å². The lowest BCUT2D eigenvalue weighted by atomic mass is 10.1. The van der Waals surface area contributed by atoms with Crippen LogP contribution in [0.3, 0.4) is 0 Å². The monoisotopic (exact) mass is 201 g/mol. The van der Waals surface area contributed by atoms with Gasteiger partial charge in [0.25, 0.3) is 0 Å². The lowest BCUT2D eigenvalue weighted by Crippen LogP contribution is -1.87. The maximum atomic E-state index is 12.7. The van der Waals surface area contributed by atoms with Crippen LogP contribution in [0.1, 0.15) is 5.56 Å². The molecule has 4 heteroatoms. The Labute approximate surface area is 86.0 Å². The number of rotatable bonds is 1. The zero-order valence-electron chi connectivity index (χ0n) is 7.79. The molecule has 3 N–H and O–H groups in total. The molecule has 0 bridgehead atoms. The Morgan fingerprint density at radius 1 is 1.27 bits per heavy atom. The third-order valence-electron chi connectivity index (χ3n) is 2.18. The summed E-state index contributed by atoms with van der Waals surface area (Å²) in [6.07, 6.45) is 1.64. The number of benzene rings is 1. The molecule has 0 amide bonds. The highest BCUT2D eigenvalue weighted by Gasteiger charge is 2.09. The number of aromatic amines is 1. The highest BCUT2D eigenvalue weighted by molar-refractivity contribution is 5.75. The van der Waals surface area contributed by atoms with Crippen LogP contribution in [0.5, 0.6) is 0 Å². The first-order valence-corrected chi connectivity index (χ1v) is 4.35. The molecule has 3 nitrogen and oxygen atoms in total. The topological polar surface area (TPSA) is 65.6 Å². The molecule has 0 aliphatic carbocycles. The molecule has 0 saturated heterocycles. The van der Waals surface area contributed by atoms with Crippen LogP contribution in [0.25, 0.3) is 11.1 Å². The summed E-state index contributed by atoms with van der Waals surface area (Å²) in [5.74, 6) is 0.0255. The van der Waals surface area contributed by atoms with Crippen molar-refractivity contribution < 1.29 is 4.39 Å². The van der Waals surface area contributed by atoms with Crippen LogP contribution in [0.2, 0.25) is 0 Å². The van der Waals surface area contributed by atoms with Gasteiger partial charge in [-0.3, -0.25) is 0 Å². The lowest BCUT2D eigenvalue weighted by Gasteiger charge is -1.98. The highest BCUT2D eigenvalue weighted by Crippen LogP contribution is 2.26. The van der Waals surface area contributed by atoms with Crippen LogP contribution in [-0.4, -0.2) is 4.98 Å². The molecule has 1 aromatic carbocycles. The van der Waals surface area contributed by atoms with Gasteiger partial charge in [-0.05, 0) is 17.7 Å². The second-order valence-corrected chi connectivity index (χ2v) is 3.11. The molecule has 0 radical (unpaired) electrons. The van der Waals surface area contributed by atoms with E-state index in [9.17, 15) is 4.39 Å². The minimum atomic E-state index is -0.305. The number of halogens is 1. The Bertz CT molecular complexity index is 520. The Morgan fingerprint density at radius 2 is 1.93 bits per heavy atom. The van der Waals surface area contributed by atoms with E-state index in [1.807, 2.05) is 6.07 Å². The molecular formula is C11H8FN3. The van der Waals surface area contributed by atoms with Gasteiger partial charge < -0.3 is 10.7 Å². The second-order valence-electron chi connectivity index (χ2n) is 3.11. The van der Waals surface area contributed by atoms with Gasteiger partial charge in [-0.25, -0.2) is 4.39 Å². The largest absolute Gasteiger partial charge is 0.384 e. The fourth-order valence-electron chi connectivity index (χ4n) is 1.42. The average molecular weight is 201 g/mol. The van der Waals surface area contributed by atoms with E-state index in [1.165, 1.54) is 12.1 Å². The van der Waals surface area contributed by atoms with Crippen molar-refractivity contribution in [2.24, 2.45) is 0 Å². The van der Waals surface area contributed by atoms with Crippen molar-refractivity contribution >= 4 is 5.82 Å². The van der Waals surface area contributed by atoms with E-state index in [2.05, 4.69) is 4.98 Å². The van der Waals surface area contributed by atoms with Crippen LogP contribution in [0.15, 0.2) is 30.5 Å². The summed E-state index contributed by atoms with van der Waals surface area (Å²) in [5, 5.41) is 8.88. The molecule has 1 aromatic heterocycles. The number of nitrogens with one attached hydrogen (secondary N) is 1. The molecular weight excluding hydrogens is 193 g/mol. The summed E-state index contributed by atoms with van der Waals surface area (Å²) in [5.41, 5.74) is 7.41. The Balaban J connectivity index is 2.55. The van der Waals surface area contributed by atoms with Gasteiger partial charge in [-0.2, -0.15) is 5.26 Å². The first-order chi connectivity index (χ1) is 7.22. The van der Waals surface area contributed by atoms with E-state index in [0.29, 0.717) is 16.9 Å². The van der Waals surface area contributed by atoms with Crippen LogP contribution >= 0.6 is 0 Å². The molecule has 2 aromatic rings. The van der Waals surface area contributed by atoms with Gasteiger partial charge in [-0.15, -0.1) is 0 Å². The minimum absolute atomic E-state index is 0.305. The lowest BCUT2D eigenvalue weighted by molar-refractivity contribution is 0.628. The fraction of sp³-hybridized carbons (Fsp3) is 0. The molecule has 2 rings (SSSR count). The number of nitriles is 1. The third-order valence-corrected chi connectivity index (χ3v) is 2.18. The smallest absolute Gasteiger partial charge is 0.123 e. The fourth-order valence-corrected chi connectivity index (χ4v) is 1.42. The summed E-state index contributed by atoms with van der Waals surface area (Å²) in [7, 11) is 0. The molecule has 1 heterocycles. The molecule has 15 heavy (non-hydrogen) atoms. The zero-order valence-corrected chi connectivity index (χ0v) is 7.79. The van der Waals surface area contributed by atoms with Crippen molar-refractivity contribution in [3.8, 4) is 17.2 Å². The van der Waals surface area contributed by atoms with E-state index in [4.69, 9.17) is 11.0 Å². The predicted molar refractivity (Wildman–Crippen MR) is 55.3 cm³/mol. The van der Waals surface area contributed by atoms with Gasteiger partial charge in [0, 0.05) is 11.8 Å². The van der Waals surface area contributed by atoms with Crippen molar-refractivity contribution in [3.05, 3.63) is 41.8 Å². The van der Waals surface area contributed by atoms with Crippen molar-refractivity contribution in [2.45, 2.75) is 0 Å². The normalized spacial score (nSPS) is 9.87. The van der Waals surface area contributed by atoms with E-state index < -0.39 is 0 Å². The summed E-state index contributed by atoms with van der Waals surface area (Å²) < 4.78 is 12.7. The predicted octanol–water partition coefficient (Wildman–Crippen LogP) is 2.27. The van der Waals surface area contributed by atoms with Gasteiger partial charge in [0.15, 0.2) is 0 Å². The molecule has 0 atom stereocenters. The van der Waals surface area contributed by atoms with Crippen LogP contribution in [0.4, 0.5) is 10.2 Å². The van der Waals surface area contributed by atoms with Gasteiger partial charge >= 0.3 is 0 Å². The zero-order chi connectivity index (χ0) is 10.8. The van der Waals surface area contributed by atoms with Crippen molar-refractivity contribution in [2.75, 3.05) is 5.73 Å². The quantitative estimate of drug-likeness (QED) is 0.743. The first-order valence-electron chi connectivity index (χ1n) is 4.35. The molecule has 0 fully saturated rings. The van der Waals surface area contributed by atoms with Crippen LogP contribution in [-0.2, 0) is 0 Å². The summed E-state index contributed by atoms with van der Waals surface area (Å²) in [4.78, 5) is 2.76. The molecule has 0 saturated carbocycles. The van der Waals surface area contributed by atoms with Crippen molar-refractivity contribution in [1.29, 1.82) is 5.26 Å². The molecule has 0 unspecified atom stereocenters. The maximum absolute atomic E-state index is 12.7. The third kappa shape index (κ3) is 1.55. The van der Waals surface area contributed by atoms with Gasteiger partial charge in [0.2, 0.25) is 0 Å². The Morgan fingerprint density at radius 3 is 2.53 bits per heavy atom. The first kappa shape index (κ1) is 9.28. The van der Waals surface area contributed by atoms with E-state index in [-0.39, 0.29) is 5.82 Å². The summed E-state index contributed by atoms with van der Waals surface area (Å²) in [6, 6.07) is 7.92. The second kappa shape index (κ2) is 3.46. The summed E-state index contributed by atoms with van der Waals surface area (Å²) in [6.45, 7) is 0. The van der Waals surface area contributed by atoms with Gasteiger partial charge in [0.1, 0.15) is 23.3 Å². The van der Waals surface area contributed by atoms with Gasteiger partial charge in [-0.1, -0.05) is 12.1 Å². The Hall–Kier alpha value is -2.28. The number of nitrogens with two attached hydrogens (primary N) is 1. The molecule has 0 spiro atoms. The van der Waals surface area contributed by atoms with E-state index in [1.54, 1.807) is 18.3 Å². The number of H-pyrrole nitrogens is 1. The minimum Gasteiger partial charge on any atom is -0.384 e. The molecule has 74 valence electrons. The summed E-state index contributed by atoms with van der Waals surface area (Å²) >= 11 is 0. The molecule has 0 aliphatic rings. The number of hydrogen-bond donors (Lipinski definition) is 2. The number of aromatic nitrogens is 1. The Kier molecular flexibility index (Phi) is 2.14. The van der Waals surface area contributed by atoms with Crippen molar-refractivity contribution in [1.82, 2.24) is 4.98 Å². The van der Waals surface area contributed by atoms with Gasteiger partial charge in [0.05, 0.1) is 0 Å².